The van der Waals surface area contributed by atoms with Crippen molar-refractivity contribution >= 4 is 28.1 Å². The lowest BCUT2D eigenvalue weighted by Gasteiger charge is -2.11. The Balaban J connectivity index is 1.67. The van der Waals surface area contributed by atoms with Crippen molar-refractivity contribution in [2.75, 3.05) is 13.7 Å². The summed E-state index contributed by atoms with van der Waals surface area (Å²) < 4.78 is 30.7. The van der Waals surface area contributed by atoms with E-state index in [0.717, 1.165) is 16.5 Å². The second kappa shape index (κ2) is 12.0. The third-order valence-electron chi connectivity index (χ3n) is 4.54. The lowest BCUT2D eigenvalue weighted by Crippen LogP contribution is -2.17. The summed E-state index contributed by atoms with van der Waals surface area (Å²) >= 11 is 3.43. The van der Waals surface area contributed by atoms with Crippen LogP contribution in [0.2, 0.25) is 0 Å². The number of methoxy groups -OCH3 is 1. The first-order valence-electron chi connectivity index (χ1n) is 10.3. The summed E-state index contributed by atoms with van der Waals surface area (Å²) in [5.41, 5.74) is 4.38. The normalized spacial score (nSPS) is 10.8. The fourth-order valence-electron chi connectivity index (χ4n) is 2.86. The van der Waals surface area contributed by atoms with Crippen molar-refractivity contribution in [1.82, 2.24) is 5.43 Å². The molecule has 0 aliphatic rings. The van der Waals surface area contributed by atoms with Crippen molar-refractivity contribution in [2.24, 2.45) is 5.10 Å². The van der Waals surface area contributed by atoms with Crippen molar-refractivity contribution in [1.29, 1.82) is 0 Å². The van der Waals surface area contributed by atoms with Gasteiger partial charge in [-0.2, -0.15) is 5.10 Å². The fraction of sp³-hybridized carbons (Fsp3) is 0.200. The highest BCUT2D eigenvalue weighted by Crippen LogP contribution is 2.28. The topological polar surface area (TPSA) is 69.2 Å². The number of rotatable bonds is 10. The number of nitrogens with one attached hydrogen (secondary N) is 1. The van der Waals surface area contributed by atoms with Gasteiger partial charge in [0.1, 0.15) is 18.2 Å². The van der Waals surface area contributed by atoms with Gasteiger partial charge in [0, 0.05) is 15.6 Å². The number of carbonyl (C=O) groups is 1. The number of hydrogen-bond donors (Lipinski definition) is 1. The summed E-state index contributed by atoms with van der Waals surface area (Å²) in [6.45, 7) is 2.84. The molecule has 0 aliphatic carbocycles. The number of hydrogen-bond acceptors (Lipinski definition) is 5. The summed E-state index contributed by atoms with van der Waals surface area (Å²) in [7, 11) is 1.52. The highest BCUT2D eigenvalue weighted by Gasteiger charge is 2.11. The van der Waals surface area contributed by atoms with Crippen LogP contribution in [0.5, 0.6) is 17.2 Å². The van der Waals surface area contributed by atoms with Gasteiger partial charge in [0.15, 0.2) is 11.5 Å². The molecule has 6 nitrogen and oxygen atoms in total. The Morgan fingerprint density at radius 3 is 2.52 bits per heavy atom. The van der Waals surface area contributed by atoms with E-state index in [1.807, 2.05) is 19.1 Å². The summed E-state index contributed by atoms with van der Waals surface area (Å²) in [5, 5.41) is 4.07. The van der Waals surface area contributed by atoms with Gasteiger partial charge in [-0.3, -0.25) is 4.79 Å². The zero-order chi connectivity index (χ0) is 23.6. The first-order valence-corrected chi connectivity index (χ1v) is 11.1. The monoisotopic (exact) mass is 514 g/mol. The molecule has 172 valence electrons. The van der Waals surface area contributed by atoms with Gasteiger partial charge in [0.05, 0.1) is 19.9 Å². The van der Waals surface area contributed by atoms with Gasteiger partial charge in [-0.25, -0.2) is 9.82 Å². The molecule has 3 aromatic carbocycles. The summed E-state index contributed by atoms with van der Waals surface area (Å²) in [6.07, 6.45) is 2.37. The lowest BCUT2D eigenvalue weighted by atomic mass is 10.2. The van der Waals surface area contributed by atoms with Crippen molar-refractivity contribution in [3.05, 3.63) is 87.6 Å². The predicted molar refractivity (Wildman–Crippen MR) is 129 cm³/mol. The van der Waals surface area contributed by atoms with E-state index in [4.69, 9.17) is 14.2 Å². The molecule has 0 aromatic heterocycles. The summed E-state index contributed by atoms with van der Waals surface area (Å²) in [5.74, 6) is 0.932. The number of carbonyl (C=O) groups excluding carboxylic acids is 1. The highest BCUT2D eigenvalue weighted by atomic mass is 79.9. The van der Waals surface area contributed by atoms with Gasteiger partial charge < -0.3 is 14.2 Å². The Labute approximate surface area is 200 Å². The van der Waals surface area contributed by atoms with Gasteiger partial charge in [0.2, 0.25) is 0 Å². The van der Waals surface area contributed by atoms with E-state index in [-0.39, 0.29) is 12.4 Å². The molecule has 0 bridgehead atoms. The standard InChI is InChI=1S/C25H24BrFN2O4/c1-3-12-32-23-10-6-18(14-24(23)31-2)25(30)29-28-15-19-13-20(26)7-11-22(19)33-16-17-4-8-21(27)9-5-17/h4-11,13-15H,3,12,16H2,1-2H3,(H,29,30)/b28-15+. The molecule has 3 aromatic rings. The van der Waals surface area contributed by atoms with Crippen LogP contribution in [-0.4, -0.2) is 25.8 Å². The zero-order valence-corrected chi connectivity index (χ0v) is 19.9. The van der Waals surface area contributed by atoms with Crippen LogP contribution >= 0.6 is 15.9 Å². The second-order valence-electron chi connectivity index (χ2n) is 7.01. The van der Waals surface area contributed by atoms with E-state index < -0.39 is 5.91 Å². The van der Waals surface area contributed by atoms with E-state index >= 15 is 0 Å². The van der Waals surface area contributed by atoms with Crippen LogP contribution in [0.1, 0.15) is 34.8 Å². The Kier molecular flexibility index (Phi) is 8.83. The molecule has 0 unspecified atom stereocenters. The van der Waals surface area contributed by atoms with E-state index in [1.165, 1.54) is 25.5 Å². The number of nitrogens with zero attached hydrogens (tertiary/aromatic N) is 1. The Hall–Kier alpha value is -3.39. The predicted octanol–water partition coefficient (Wildman–Crippen LogP) is 5.73. The molecule has 0 atom stereocenters. The minimum absolute atomic E-state index is 0.265. The molecule has 3 rings (SSSR count). The van der Waals surface area contributed by atoms with Crippen LogP contribution < -0.4 is 19.6 Å². The van der Waals surface area contributed by atoms with Crippen molar-refractivity contribution in [2.45, 2.75) is 20.0 Å². The first-order chi connectivity index (χ1) is 16.0. The van der Waals surface area contributed by atoms with Crippen LogP contribution in [0, 0.1) is 5.82 Å². The van der Waals surface area contributed by atoms with E-state index in [9.17, 15) is 9.18 Å². The molecule has 0 radical (unpaired) electrons. The smallest absolute Gasteiger partial charge is 0.271 e. The zero-order valence-electron chi connectivity index (χ0n) is 18.3. The second-order valence-corrected chi connectivity index (χ2v) is 7.93. The van der Waals surface area contributed by atoms with Crippen LogP contribution in [-0.2, 0) is 6.61 Å². The third-order valence-corrected chi connectivity index (χ3v) is 5.03. The van der Waals surface area contributed by atoms with Crippen molar-refractivity contribution in [3.63, 3.8) is 0 Å². The van der Waals surface area contributed by atoms with E-state index in [2.05, 4.69) is 26.5 Å². The minimum atomic E-state index is -0.393. The molecule has 33 heavy (non-hydrogen) atoms. The van der Waals surface area contributed by atoms with Crippen LogP contribution in [0.3, 0.4) is 0 Å². The van der Waals surface area contributed by atoms with E-state index in [0.29, 0.717) is 35.0 Å². The lowest BCUT2D eigenvalue weighted by molar-refractivity contribution is 0.0954. The molecule has 1 amide bonds. The Morgan fingerprint density at radius 1 is 1.03 bits per heavy atom. The number of halogens is 2. The van der Waals surface area contributed by atoms with Crippen LogP contribution in [0.4, 0.5) is 4.39 Å². The maximum absolute atomic E-state index is 13.1. The third kappa shape index (κ3) is 7.05. The number of ether oxygens (including phenoxy) is 3. The maximum Gasteiger partial charge on any atom is 0.271 e. The van der Waals surface area contributed by atoms with Gasteiger partial charge in [0.25, 0.3) is 5.91 Å². The molecule has 0 fully saturated rings. The molecule has 0 aliphatic heterocycles. The molecule has 0 spiro atoms. The Morgan fingerprint density at radius 2 is 1.79 bits per heavy atom. The molecule has 0 heterocycles. The van der Waals surface area contributed by atoms with Gasteiger partial charge in [-0.1, -0.05) is 35.0 Å². The Bertz CT molecular complexity index is 1120. The van der Waals surface area contributed by atoms with Crippen LogP contribution in [0.15, 0.2) is 70.2 Å². The molecule has 1 N–H and O–H groups in total. The first kappa shape index (κ1) is 24.3. The van der Waals surface area contributed by atoms with Gasteiger partial charge in [-0.05, 0) is 60.5 Å². The van der Waals surface area contributed by atoms with Crippen molar-refractivity contribution in [3.8, 4) is 17.2 Å². The molecule has 8 heteroatoms. The highest BCUT2D eigenvalue weighted by molar-refractivity contribution is 9.10. The number of benzene rings is 3. The molecular weight excluding hydrogens is 491 g/mol. The maximum atomic E-state index is 13.1. The molecule has 0 saturated heterocycles. The van der Waals surface area contributed by atoms with Crippen molar-refractivity contribution < 1.29 is 23.4 Å². The number of hydrazone groups is 1. The van der Waals surface area contributed by atoms with Gasteiger partial charge >= 0.3 is 0 Å². The fourth-order valence-corrected chi connectivity index (χ4v) is 3.24. The minimum Gasteiger partial charge on any atom is -0.493 e. The SMILES string of the molecule is CCCOc1ccc(C(=O)N/N=C/c2cc(Br)ccc2OCc2ccc(F)cc2)cc1OC. The quantitative estimate of drug-likeness (QED) is 0.277. The average molecular weight is 515 g/mol. The van der Waals surface area contributed by atoms with Crippen LogP contribution in [0.25, 0.3) is 0 Å². The summed E-state index contributed by atoms with van der Waals surface area (Å²) in [4.78, 5) is 12.5. The summed E-state index contributed by atoms with van der Waals surface area (Å²) in [6, 6.07) is 16.5. The molecule has 0 saturated carbocycles. The molecular formula is C25H24BrFN2O4. The average Bonchev–Trinajstić information content (AvgIpc) is 2.83. The number of amides is 1. The largest absolute Gasteiger partial charge is 0.493 e. The van der Waals surface area contributed by atoms with E-state index in [1.54, 1.807) is 36.4 Å². The van der Waals surface area contributed by atoms with Gasteiger partial charge in [-0.15, -0.1) is 0 Å².